The Labute approximate surface area is 177 Å². The minimum absolute atomic E-state index is 0.0617. The number of H-pyrrole nitrogens is 1. The zero-order valence-electron chi connectivity index (χ0n) is 16.9. The van der Waals surface area contributed by atoms with Crippen molar-refractivity contribution < 1.29 is 18.9 Å². The number of aromatic nitrogens is 2. The Morgan fingerprint density at radius 2 is 1.74 bits per heavy atom. The van der Waals surface area contributed by atoms with E-state index in [2.05, 4.69) is 20.0 Å². The predicted molar refractivity (Wildman–Crippen MR) is 111 cm³/mol. The highest BCUT2D eigenvalue weighted by atomic mass is 16.5. The van der Waals surface area contributed by atoms with E-state index in [1.807, 2.05) is 13.8 Å². The van der Waals surface area contributed by atoms with Gasteiger partial charge in [-0.15, -0.1) is 0 Å². The lowest BCUT2D eigenvalue weighted by Crippen LogP contribution is -2.47. The van der Waals surface area contributed by atoms with Crippen LogP contribution in [-0.2, 0) is 4.79 Å². The van der Waals surface area contributed by atoms with E-state index >= 15 is 0 Å². The molecule has 3 amide bonds. The van der Waals surface area contributed by atoms with Crippen molar-refractivity contribution in [1.29, 1.82) is 0 Å². The van der Waals surface area contributed by atoms with Gasteiger partial charge in [0.1, 0.15) is 6.04 Å². The summed E-state index contributed by atoms with van der Waals surface area (Å²) in [6.45, 7) is 3.83. The van der Waals surface area contributed by atoms with Gasteiger partial charge in [0, 0.05) is 11.3 Å². The van der Waals surface area contributed by atoms with E-state index in [-0.39, 0.29) is 11.7 Å². The fourth-order valence-corrected chi connectivity index (χ4v) is 3.59. The third-order valence-corrected chi connectivity index (χ3v) is 4.98. The monoisotopic (exact) mass is 420 g/mol. The predicted octanol–water partition coefficient (Wildman–Crippen LogP) is 2.68. The van der Waals surface area contributed by atoms with E-state index in [9.17, 15) is 19.2 Å². The smallest absolute Gasteiger partial charge is 0.324 e. The molecule has 0 fully saturated rings. The van der Waals surface area contributed by atoms with Gasteiger partial charge in [-0.05, 0) is 36.6 Å². The molecular formula is C22H20N4O5. The molecule has 1 aliphatic rings. The van der Waals surface area contributed by atoms with Crippen LogP contribution in [0.5, 0.6) is 0 Å². The molecule has 3 aromatic rings. The van der Waals surface area contributed by atoms with Gasteiger partial charge >= 0.3 is 5.76 Å². The molecule has 4 rings (SSSR count). The normalized spacial score (nSPS) is 14.1. The lowest BCUT2D eigenvalue weighted by Gasteiger charge is -2.26. The third-order valence-electron chi connectivity index (χ3n) is 4.98. The number of aromatic amines is 1. The molecule has 0 aliphatic carbocycles. The summed E-state index contributed by atoms with van der Waals surface area (Å²) in [6, 6.07) is 12.2. The number of benzene rings is 2. The van der Waals surface area contributed by atoms with Gasteiger partial charge in [0.15, 0.2) is 5.82 Å². The van der Waals surface area contributed by atoms with Crippen LogP contribution in [0.1, 0.15) is 41.0 Å². The average molecular weight is 420 g/mol. The molecule has 0 spiro atoms. The minimum Gasteiger partial charge on any atom is -0.324 e. The van der Waals surface area contributed by atoms with Crippen LogP contribution in [0.2, 0.25) is 0 Å². The minimum atomic E-state index is -0.970. The van der Waals surface area contributed by atoms with Gasteiger partial charge in [-0.2, -0.15) is 0 Å². The Morgan fingerprint density at radius 1 is 1.06 bits per heavy atom. The van der Waals surface area contributed by atoms with Crippen LogP contribution >= 0.6 is 0 Å². The van der Waals surface area contributed by atoms with Gasteiger partial charge in [0.25, 0.3) is 11.8 Å². The first-order valence-electron chi connectivity index (χ1n) is 9.79. The molecule has 1 aromatic heterocycles. The van der Waals surface area contributed by atoms with Crippen LogP contribution in [0.3, 0.4) is 0 Å². The highest BCUT2D eigenvalue weighted by Gasteiger charge is 2.42. The fraction of sp³-hybridized carbons (Fsp3) is 0.227. The van der Waals surface area contributed by atoms with E-state index in [1.54, 1.807) is 48.5 Å². The first-order chi connectivity index (χ1) is 14.8. The highest BCUT2D eigenvalue weighted by molar-refractivity contribution is 6.23. The summed E-state index contributed by atoms with van der Waals surface area (Å²) in [5.74, 6) is -1.83. The lowest BCUT2D eigenvalue weighted by atomic mass is 10.0. The second-order valence-corrected chi connectivity index (χ2v) is 7.68. The van der Waals surface area contributed by atoms with Gasteiger partial charge in [-0.3, -0.25) is 28.8 Å². The van der Waals surface area contributed by atoms with Crippen LogP contribution in [-0.4, -0.2) is 38.8 Å². The standard InChI is InChI=1S/C22H20N4O5/c1-12(2)10-17(26-20(28)15-8-3-4-9-16(15)21(26)29)19(27)23-14-7-5-6-13(11-14)18-24-22(30)31-25-18/h3-9,11-12,17H,10H2,1-2H3,(H,23,27)(H,24,25,30). The molecule has 1 unspecified atom stereocenters. The molecule has 1 atom stereocenters. The van der Waals surface area contributed by atoms with Gasteiger partial charge in [0.05, 0.1) is 11.1 Å². The fourth-order valence-electron chi connectivity index (χ4n) is 3.59. The van der Waals surface area contributed by atoms with Crippen molar-refractivity contribution in [3.63, 3.8) is 0 Å². The maximum absolute atomic E-state index is 13.2. The van der Waals surface area contributed by atoms with E-state index in [4.69, 9.17) is 0 Å². The number of nitrogens with zero attached hydrogens (tertiary/aromatic N) is 2. The molecule has 1 aliphatic heterocycles. The van der Waals surface area contributed by atoms with Crippen molar-refractivity contribution in [3.05, 3.63) is 70.2 Å². The largest absolute Gasteiger partial charge is 0.439 e. The molecular weight excluding hydrogens is 400 g/mol. The molecule has 9 heteroatoms. The number of carbonyl (C=O) groups excluding carboxylic acids is 3. The number of amides is 3. The number of imide groups is 1. The molecule has 31 heavy (non-hydrogen) atoms. The van der Waals surface area contributed by atoms with Crippen molar-refractivity contribution in [1.82, 2.24) is 15.0 Å². The van der Waals surface area contributed by atoms with E-state index in [0.717, 1.165) is 4.90 Å². The molecule has 9 nitrogen and oxygen atoms in total. The van der Waals surface area contributed by atoms with Crippen LogP contribution < -0.4 is 11.1 Å². The molecule has 2 heterocycles. The van der Waals surface area contributed by atoms with E-state index < -0.39 is 29.5 Å². The van der Waals surface area contributed by atoms with Crippen molar-refractivity contribution in [3.8, 4) is 11.4 Å². The maximum Gasteiger partial charge on any atom is 0.439 e. The summed E-state index contributed by atoms with van der Waals surface area (Å²) in [5.41, 5.74) is 1.55. The summed E-state index contributed by atoms with van der Waals surface area (Å²) < 4.78 is 4.51. The zero-order chi connectivity index (χ0) is 22.1. The molecule has 158 valence electrons. The number of fused-ring (bicyclic) bond motifs is 1. The maximum atomic E-state index is 13.2. The van der Waals surface area contributed by atoms with Crippen molar-refractivity contribution >= 4 is 23.4 Å². The summed E-state index contributed by atoms with van der Waals surface area (Å²) in [7, 11) is 0. The van der Waals surface area contributed by atoms with Gasteiger partial charge in [-0.1, -0.05) is 43.3 Å². The van der Waals surface area contributed by atoms with E-state index in [0.29, 0.717) is 28.8 Å². The number of hydrogen-bond acceptors (Lipinski definition) is 6. The molecule has 0 saturated heterocycles. The molecule has 2 aromatic carbocycles. The molecule has 0 radical (unpaired) electrons. The number of hydrogen-bond donors (Lipinski definition) is 2. The first-order valence-corrected chi connectivity index (χ1v) is 9.79. The average Bonchev–Trinajstić information content (AvgIpc) is 3.28. The van der Waals surface area contributed by atoms with Crippen LogP contribution in [0, 0.1) is 5.92 Å². The number of anilines is 1. The quantitative estimate of drug-likeness (QED) is 0.591. The number of carbonyl (C=O) groups is 3. The topological polar surface area (TPSA) is 125 Å². The van der Waals surface area contributed by atoms with Gasteiger partial charge < -0.3 is 5.32 Å². The Kier molecular flexibility index (Phi) is 5.24. The summed E-state index contributed by atoms with van der Waals surface area (Å²) in [5, 5.41) is 6.41. The lowest BCUT2D eigenvalue weighted by molar-refractivity contribution is -0.120. The molecule has 0 saturated carbocycles. The Hall–Kier alpha value is -4.01. The van der Waals surface area contributed by atoms with Gasteiger partial charge in [-0.25, -0.2) is 4.79 Å². The van der Waals surface area contributed by atoms with E-state index in [1.165, 1.54) is 0 Å². The van der Waals surface area contributed by atoms with Crippen LogP contribution in [0.25, 0.3) is 11.4 Å². The second kappa shape index (κ2) is 8.02. The van der Waals surface area contributed by atoms with Crippen LogP contribution in [0.4, 0.5) is 5.69 Å². The first kappa shape index (κ1) is 20.3. The van der Waals surface area contributed by atoms with Crippen molar-refractivity contribution in [2.45, 2.75) is 26.3 Å². The SMILES string of the molecule is CC(C)CC(C(=O)Nc1cccc(-c2noc(=O)[nH]2)c1)N1C(=O)c2ccccc2C1=O. The second-order valence-electron chi connectivity index (χ2n) is 7.68. The Bertz CT molecular complexity index is 1190. The summed E-state index contributed by atoms with van der Waals surface area (Å²) >= 11 is 0. The highest BCUT2D eigenvalue weighted by Crippen LogP contribution is 2.28. The van der Waals surface area contributed by atoms with Crippen molar-refractivity contribution in [2.24, 2.45) is 5.92 Å². The molecule has 0 bridgehead atoms. The third kappa shape index (κ3) is 3.89. The summed E-state index contributed by atoms with van der Waals surface area (Å²) in [6.07, 6.45) is 0.313. The number of rotatable bonds is 6. The Balaban J connectivity index is 1.61. The molecule has 2 N–H and O–H groups in total. The van der Waals surface area contributed by atoms with Crippen molar-refractivity contribution in [2.75, 3.05) is 5.32 Å². The van der Waals surface area contributed by atoms with Gasteiger partial charge in [0.2, 0.25) is 5.91 Å². The number of nitrogens with one attached hydrogen (secondary N) is 2. The zero-order valence-corrected chi connectivity index (χ0v) is 16.9. The van der Waals surface area contributed by atoms with Crippen LogP contribution in [0.15, 0.2) is 57.8 Å². The Morgan fingerprint density at radius 3 is 2.32 bits per heavy atom. The summed E-state index contributed by atoms with van der Waals surface area (Å²) in [4.78, 5) is 53.7.